The molecular formula is C12H12BrN3OS. The van der Waals surface area contributed by atoms with E-state index in [2.05, 4.69) is 32.2 Å². The Bertz CT molecular complexity index is 564. The fourth-order valence-corrected chi connectivity index (χ4v) is 3.97. The number of nitrogens with zero attached hydrogens (tertiary/aromatic N) is 2. The Kier molecular flexibility index (Phi) is 3.22. The highest BCUT2D eigenvalue weighted by molar-refractivity contribution is 9.11. The molecule has 0 bridgehead atoms. The predicted molar refractivity (Wildman–Crippen MR) is 73.4 cm³/mol. The summed E-state index contributed by atoms with van der Waals surface area (Å²) in [4.78, 5) is 15.4. The summed E-state index contributed by atoms with van der Waals surface area (Å²) >= 11 is 5.22. The first-order valence-electron chi connectivity index (χ1n) is 5.75. The average Bonchev–Trinajstić information content (AvgIpc) is 2.95. The van der Waals surface area contributed by atoms with E-state index in [0.717, 1.165) is 29.0 Å². The van der Waals surface area contributed by atoms with E-state index in [9.17, 15) is 4.79 Å². The van der Waals surface area contributed by atoms with Crippen LogP contribution in [0.15, 0.2) is 22.1 Å². The molecule has 6 heteroatoms. The molecule has 0 aromatic carbocycles. The normalized spacial score (nSPS) is 14.6. The van der Waals surface area contributed by atoms with Crippen LogP contribution in [0, 0.1) is 0 Å². The molecule has 1 N–H and O–H groups in total. The third-order valence-electron chi connectivity index (χ3n) is 3.10. The standard InChI is InChI=1S/C12H12BrN3OS/c13-11-5-8-2-4-16(7-10(8)18-11)12(17)6-9-1-3-14-15-9/h1,3,5H,2,4,6-7H2,(H,14,15). The number of halogens is 1. The lowest BCUT2D eigenvalue weighted by molar-refractivity contribution is -0.131. The van der Waals surface area contributed by atoms with Gasteiger partial charge in [-0.1, -0.05) is 0 Å². The van der Waals surface area contributed by atoms with Crippen molar-refractivity contribution >= 4 is 33.2 Å². The van der Waals surface area contributed by atoms with Crippen molar-refractivity contribution in [3.63, 3.8) is 0 Å². The van der Waals surface area contributed by atoms with E-state index in [1.807, 2.05) is 11.0 Å². The fraction of sp³-hybridized carbons (Fsp3) is 0.333. The van der Waals surface area contributed by atoms with Crippen LogP contribution in [0.25, 0.3) is 0 Å². The second kappa shape index (κ2) is 4.85. The number of carbonyl (C=O) groups is 1. The van der Waals surface area contributed by atoms with Gasteiger partial charge < -0.3 is 4.90 Å². The van der Waals surface area contributed by atoms with Crippen LogP contribution in [-0.2, 0) is 24.2 Å². The van der Waals surface area contributed by atoms with Crippen molar-refractivity contribution < 1.29 is 4.79 Å². The first-order chi connectivity index (χ1) is 8.72. The Morgan fingerprint density at radius 1 is 1.61 bits per heavy atom. The van der Waals surface area contributed by atoms with Crippen molar-refractivity contribution in [2.75, 3.05) is 6.54 Å². The molecule has 2 aromatic rings. The zero-order valence-corrected chi connectivity index (χ0v) is 12.1. The number of fused-ring (bicyclic) bond motifs is 1. The highest BCUT2D eigenvalue weighted by Gasteiger charge is 2.22. The number of H-pyrrole nitrogens is 1. The maximum absolute atomic E-state index is 12.2. The highest BCUT2D eigenvalue weighted by atomic mass is 79.9. The molecule has 94 valence electrons. The number of aromatic nitrogens is 2. The Balaban J connectivity index is 1.70. The van der Waals surface area contributed by atoms with Crippen LogP contribution >= 0.6 is 27.3 Å². The number of hydrogen-bond acceptors (Lipinski definition) is 3. The Morgan fingerprint density at radius 3 is 3.28 bits per heavy atom. The molecule has 0 radical (unpaired) electrons. The number of rotatable bonds is 2. The molecule has 0 unspecified atom stereocenters. The molecule has 1 aliphatic heterocycles. The maximum atomic E-state index is 12.2. The average molecular weight is 326 g/mol. The summed E-state index contributed by atoms with van der Waals surface area (Å²) in [5.41, 5.74) is 2.25. The van der Waals surface area contributed by atoms with E-state index in [1.165, 1.54) is 10.4 Å². The molecule has 3 rings (SSSR count). The van der Waals surface area contributed by atoms with E-state index >= 15 is 0 Å². The third kappa shape index (κ3) is 2.35. The largest absolute Gasteiger partial charge is 0.337 e. The minimum absolute atomic E-state index is 0.162. The van der Waals surface area contributed by atoms with Crippen LogP contribution in [-0.4, -0.2) is 27.5 Å². The van der Waals surface area contributed by atoms with Crippen molar-refractivity contribution in [1.82, 2.24) is 15.1 Å². The second-order valence-corrected chi connectivity index (χ2v) is 6.84. The maximum Gasteiger partial charge on any atom is 0.228 e. The highest BCUT2D eigenvalue weighted by Crippen LogP contribution is 2.31. The van der Waals surface area contributed by atoms with Crippen molar-refractivity contribution in [1.29, 1.82) is 0 Å². The molecule has 4 nitrogen and oxygen atoms in total. The van der Waals surface area contributed by atoms with E-state index in [1.54, 1.807) is 17.5 Å². The van der Waals surface area contributed by atoms with Gasteiger partial charge in [0.25, 0.3) is 0 Å². The van der Waals surface area contributed by atoms with Crippen LogP contribution in [0.2, 0.25) is 0 Å². The number of amides is 1. The van der Waals surface area contributed by atoms with E-state index in [0.29, 0.717) is 6.42 Å². The van der Waals surface area contributed by atoms with Crippen molar-refractivity contribution in [2.24, 2.45) is 0 Å². The van der Waals surface area contributed by atoms with Crippen LogP contribution in [0.1, 0.15) is 16.1 Å². The lowest BCUT2D eigenvalue weighted by atomic mass is 10.1. The van der Waals surface area contributed by atoms with Crippen LogP contribution in [0.3, 0.4) is 0 Å². The summed E-state index contributed by atoms with van der Waals surface area (Å²) < 4.78 is 1.15. The molecule has 18 heavy (non-hydrogen) atoms. The number of thiophene rings is 1. The predicted octanol–water partition coefficient (Wildman–Crippen LogP) is 2.36. The van der Waals surface area contributed by atoms with Crippen LogP contribution < -0.4 is 0 Å². The lowest BCUT2D eigenvalue weighted by Gasteiger charge is -2.26. The smallest absolute Gasteiger partial charge is 0.228 e. The first-order valence-corrected chi connectivity index (χ1v) is 7.36. The van der Waals surface area contributed by atoms with Gasteiger partial charge in [0, 0.05) is 23.3 Å². The molecule has 1 aliphatic rings. The number of aromatic amines is 1. The Hall–Kier alpha value is -1.14. The van der Waals surface area contributed by atoms with Gasteiger partial charge in [-0.05, 0) is 40.0 Å². The van der Waals surface area contributed by atoms with E-state index in [-0.39, 0.29) is 5.91 Å². The first kappa shape index (κ1) is 11.9. The van der Waals surface area contributed by atoms with Crippen LogP contribution in [0.4, 0.5) is 0 Å². The monoisotopic (exact) mass is 325 g/mol. The van der Waals surface area contributed by atoms with Gasteiger partial charge in [-0.15, -0.1) is 11.3 Å². The van der Waals surface area contributed by atoms with Gasteiger partial charge in [-0.2, -0.15) is 5.10 Å². The van der Waals surface area contributed by atoms with E-state index < -0.39 is 0 Å². The van der Waals surface area contributed by atoms with Gasteiger partial charge in [0.15, 0.2) is 0 Å². The molecule has 0 aliphatic carbocycles. The summed E-state index contributed by atoms with van der Waals surface area (Å²) in [5, 5.41) is 6.69. The molecular weight excluding hydrogens is 314 g/mol. The topological polar surface area (TPSA) is 49.0 Å². The minimum Gasteiger partial charge on any atom is -0.337 e. The molecule has 3 heterocycles. The molecule has 0 saturated carbocycles. The zero-order chi connectivity index (χ0) is 12.5. The summed E-state index contributed by atoms with van der Waals surface area (Å²) in [7, 11) is 0. The fourth-order valence-electron chi connectivity index (χ4n) is 2.15. The van der Waals surface area contributed by atoms with Gasteiger partial charge in [-0.25, -0.2) is 0 Å². The van der Waals surface area contributed by atoms with Crippen molar-refractivity contribution in [2.45, 2.75) is 19.4 Å². The number of nitrogens with one attached hydrogen (secondary N) is 1. The van der Waals surface area contributed by atoms with Crippen molar-refractivity contribution in [3.8, 4) is 0 Å². The van der Waals surface area contributed by atoms with Crippen molar-refractivity contribution in [3.05, 3.63) is 38.3 Å². The molecule has 0 saturated heterocycles. The van der Waals surface area contributed by atoms with Gasteiger partial charge in [-0.3, -0.25) is 9.89 Å². The van der Waals surface area contributed by atoms with Gasteiger partial charge in [0.05, 0.1) is 16.8 Å². The third-order valence-corrected chi connectivity index (χ3v) is 4.77. The Morgan fingerprint density at radius 2 is 2.50 bits per heavy atom. The zero-order valence-electron chi connectivity index (χ0n) is 9.65. The number of carbonyl (C=O) groups excluding carboxylic acids is 1. The summed E-state index contributed by atoms with van der Waals surface area (Å²) in [6.07, 6.45) is 3.03. The van der Waals surface area contributed by atoms with E-state index in [4.69, 9.17) is 0 Å². The van der Waals surface area contributed by atoms with Gasteiger partial charge >= 0.3 is 0 Å². The molecule has 0 atom stereocenters. The molecule has 0 fully saturated rings. The quantitative estimate of drug-likeness (QED) is 0.921. The minimum atomic E-state index is 0.162. The summed E-state index contributed by atoms with van der Waals surface area (Å²) in [6.45, 7) is 1.54. The molecule has 2 aromatic heterocycles. The second-order valence-electron chi connectivity index (χ2n) is 4.32. The van der Waals surface area contributed by atoms with Gasteiger partial charge in [0.2, 0.25) is 5.91 Å². The summed E-state index contributed by atoms with van der Waals surface area (Å²) in [5.74, 6) is 0.162. The van der Waals surface area contributed by atoms with Crippen LogP contribution in [0.5, 0.6) is 0 Å². The van der Waals surface area contributed by atoms with Gasteiger partial charge in [0.1, 0.15) is 0 Å². The molecule has 1 amide bonds. The molecule has 0 spiro atoms. The number of hydrogen-bond donors (Lipinski definition) is 1. The summed E-state index contributed by atoms with van der Waals surface area (Å²) in [6, 6.07) is 4.01. The Labute approximate surface area is 117 Å². The lowest BCUT2D eigenvalue weighted by Crippen LogP contribution is -2.36. The SMILES string of the molecule is O=C(Cc1ccn[nH]1)N1CCc2cc(Br)sc2C1.